The van der Waals surface area contributed by atoms with Gasteiger partial charge in [-0.1, -0.05) is 6.07 Å². The van der Waals surface area contributed by atoms with Crippen LogP contribution < -0.4 is 10.6 Å². The molecule has 2 rings (SSSR count). The summed E-state index contributed by atoms with van der Waals surface area (Å²) in [5.74, 6) is -0.0404. The Kier molecular flexibility index (Phi) is 4.72. The summed E-state index contributed by atoms with van der Waals surface area (Å²) >= 11 is 0. The molecule has 1 heterocycles. The number of nitriles is 1. The SMILES string of the molecule is CC1CN(CC(=O)Nc2cccc(C#N)c2)CC(C)N1. The zero-order chi connectivity index (χ0) is 14.5. The molecule has 0 saturated carbocycles. The first kappa shape index (κ1) is 14.5. The normalized spacial score (nSPS) is 23.1. The number of rotatable bonds is 3. The van der Waals surface area contributed by atoms with Crippen LogP contribution >= 0.6 is 0 Å². The van der Waals surface area contributed by atoms with Crippen LogP contribution in [0.5, 0.6) is 0 Å². The van der Waals surface area contributed by atoms with E-state index in [9.17, 15) is 4.79 Å². The molecule has 20 heavy (non-hydrogen) atoms. The first-order valence-electron chi connectivity index (χ1n) is 6.85. The van der Waals surface area contributed by atoms with Gasteiger partial charge in [-0.3, -0.25) is 9.69 Å². The van der Waals surface area contributed by atoms with Gasteiger partial charge in [-0.05, 0) is 32.0 Å². The third-order valence-corrected chi connectivity index (χ3v) is 3.28. The van der Waals surface area contributed by atoms with Crippen LogP contribution in [-0.2, 0) is 4.79 Å². The van der Waals surface area contributed by atoms with Crippen LogP contribution in [0.25, 0.3) is 0 Å². The summed E-state index contributed by atoms with van der Waals surface area (Å²) in [6, 6.07) is 9.82. The molecule has 1 aromatic carbocycles. The van der Waals surface area contributed by atoms with Gasteiger partial charge in [0.2, 0.25) is 5.91 Å². The van der Waals surface area contributed by atoms with E-state index in [1.165, 1.54) is 0 Å². The van der Waals surface area contributed by atoms with Crippen LogP contribution in [0.3, 0.4) is 0 Å². The molecule has 5 nitrogen and oxygen atoms in total. The smallest absolute Gasteiger partial charge is 0.238 e. The molecule has 1 aromatic rings. The van der Waals surface area contributed by atoms with Gasteiger partial charge in [0.25, 0.3) is 0 Å². The molecule has 2 atom stereocenters. The second-order valence-electron chi connectivity index (χ2n) is 5.40. The van der Waals surface area contributed by atoms with E-state index in [2.05, 4.69) is 35.5 Å². The highest BCUT2D eigenvalue weighted by atomic mass is 16.2. The molecule has 5 heteroatoms. The molecule has 1 aliphatic heterocycles. The van der Waals surface area contributed by atoms with Crippen molar-refractivity contribution in [3.8, 4) is 6.07 Å². The summed E-state index contributed by atoms with van der Waals surface area (Å²) in [7, 11) is 0. The molecule has 1 aliphatic rings. The molecule has 2 unspecified atom stereocenters. The Balaban J connectivity index is 1.90. The van der Waals surface area contributed by atoms with Crippen molar-refractivity contribution in [1.82, 2.24) is 10.2 Å². The maximum atomic E-state index is 12.0. The number of nitrogens with one attached hydrogen (secondary N) is 2. The van der Waals surface area contributed by atoms with Crippen molar-refractivity contribution < 1.29 is 4.79 Å². The van der Waals surface area contributed by atoms with Crippen molar-refractivity contribution in [2.75, 3.05) is 25.0 Å². The van der Waals surface area contributed by atoms with Crippen molar-refractivity contribution in [3.05, 3.63) is 29.8 Å². The highest BCUT2D eigenvalue weighted by Gasteiger charge is 2.22. The Morgan fingerprint density at radius 1 is 1.45 bits per heavy atom. The van der Waals surface area contributed by atoms with Gasteiger partial charge in [-0.25, -0.2) is 0 Å². The number of piperazine rings is 1. The molecule has 1 saturated heterocycles. The van der Waals surface area contributed by atoms with Gasteiger partial charge < -0.3 is 10.6 Å². The lowest BCUT2D eigenvalue weighted by Crippen LogP contribution is -2.55. The number of carbonyl (C=O) groups excluding carboxylic acids is 1. The predicted octanol–water partition coefficient (Wildman–Crippen LogP) is 1.18. The fourth-order valence-corrected chi connectivity index (χ4v) is 2.64. The molecule has 0 aliphatic carbocycles. The Hall–Kier alpha value is -1.90. The minimum Gasteiger partial charge on any atom is -0.325 e. The van der Waals surface area contributed by atoms with Crippen LogP contribution in [0.1, 0.15) is 19.4 Å². The molecule has 2 N–H and O–H groups in total. The first-order chi connectivity index (χ1) is 9.56. The van der Waals surface area contributed by atoms with Gasteiger partial charge in [0.15, 0.2) is 0 Å². The minimum atomic E-state index is -0.0404. The lowest BCUT2D eigenvalue weighted by Gasteiger charge is -2.35. The van der Waals surface area contributed by atoms with Crippen LogP contribution in [0.2, 0.25) is 0 Å². The number of hydrogen-bond donors (Lipinski definition) is 2. The largest absolute Gasteiger partial charge is 0.325 e. The lowest BCUT2D eigenvalue weighted by molar-refractivity contribution is -0.117. The highest BCUT2D eigenvalue weighted by molar-refractivity contribution is 5.92. The quantitative estimate of drug-likeness (QED) is 0.867. The highest BCUT2D eigenvalue weighted by Crippen LogP contribution is 2.10. The van der Waals surface area contributed by atoms with Gasteiger partial charge in [0, 0.05) is 30.9 Å². The number of anilines is 1. The molecule has 0 spiro atoms. The Labute approximate surface area is 119 Å². The fourth-order valence-electron chi connectivity index (χ4n) is 2.64. The monoisotopic (exact) mass is 272 g/mol. The molecule has 106 valence electrons. The summed E-state index contributed by atoms with van der Waals surface area (Å²) in [5, 5.41) is 15.1. The number of hydrogen-bond acceptors (Lipinski definition) is 4. The summed E-state index contributed by atoms with van der Waals surface area (Å²) in [4.78, 5) is 14.2. The van der Waals surface area contributed by atoms with Crippen LogP contribution in [-0.4, -0.2) is 42.5 Å². The first-order valence-corrected chi connectivity index (χ1v) is 6.85. The van der Waals surface area contributed by atoms with E-state index < -0.39 is 0 Å². The summed E-state index contributed by atoms with van der Waals surface area (Å²) < 4.78 is 0. The predicted molar refractivity (Wildman–Crippen MR) is 78.3 cm³/mol. The topological polar surface area (TPSA) is 68.2 Å². The zero-order valence-corrected chi connectivity index (χ0v) is 11.9. The van der Waals surface area contributed by atoms with Crippen LogP contribution in [0.15, 0.2) is 24.3 Å². The van der Waals surface area contributed by atoms with Crippen molar-refractivity contribution >= 4 is 11.6 Å². The molecule has 0 radical (unpaired) electrons. The van der Waals surface area contributed by atoms with Gasteiger partial charge in [0.05, 0.1) is 18.2 Å². The van der Waals surface area contributed by atoms with E-state index in [1.54, 1.807) is 24.3 Å². The third-order valence-electron chi connectivity index (χ3n) is 3.28. The van der Waals surface area contributed by atoms with Gasteiger partial charge in [-0.15, -0.1) is 0 Å². The van der Waals surface area contributed by atoms with Crippen molar-refractivity contribution in [2.45, 2.75) is 25.9 Å². The molecular weight excluding hydrogens is 252 g/mol. The number of carbonyl (C=O) groups is 1. The maximum absolute atomic E-state index is 12.0. The maximum Gasteiger partial charge on any atom is 0.238 e. The molecule has 1 fully saturated rings. The molecular formula is C15H20N4O. The third kappa shape index (κ3) is 4.05. The van der Waals surface area contributed by atoms with Crippen molar-refractivity contribution in [2.24, 2.45) is 0 Å². The minimum absolute atomic E-state index is 0.0404. The zero-order valence-electron chi connectivity index (χ0n) is 11.9. The van der Waals surface area contributed by atoms with E-state index in [0.717, 1.165) is 13.1 Å². The Morgan fingerprint density at radius 2 is 2.15 bits per heavy atom. The summed E-state index contributed by atoms with van der Waals surface area (Å²) in [6.45, 7) is 6.37. The molecule has 1 amide bonds. The van der Waals surface area contributed by atoms with Crippen molar-refractivity contribution in [1.29, 1.82) is 5.26 Å². The number of benzene rings is 1. The average molecular weight is 272 g/mol. The Morgan fingerprint density at radius 3 is 2.80 bits per heavy atom. The van der Waals surface area contributed by atoms with Crippen molar-refractivity contribution in [3.63, 3.8) is 0 Å². The number of nitrogens with zero attached hydrogens (tertiary/aromatic N) is 2. The van der Waals surface area contributed by atoms with Gasteiger partial charge in [0.1, 0.15) is 0 Å². The average Bonchev–Trinajstić information content (AvgIpc) is 2.37. The van der Waals surface area contributed by atoms with Crippen LogP contribution in [0.4, 0.5) is 5.69 Å². The van der Waals surface area contributed by atoms with Gasteiger partial charge >= 0.3 is 0 Å². The number of amides is 1. The van der Waals surface area contributed by atoms with E-state index >= 15 is 0 Å². The van der Waals surface area contributed by atoms with Gasteiger partial charge in [-0.2, -0.15) is 5.26 Å². The summed E-state index contributed by atoms with van der Waals surface area (Å²) in [5.41, 5.74) is 1.22. The Bertz CT molecular complexity index is 513. The van der Waals surface area contributed by atoms with E-state index in [0.29, 0.717) is 29.9 Å². The standard InChI is InChI=1S/C15H20N4O/c1-11-8-19(9-12(2)17-11)10-15(20)18-14-5-3-4-13(6-14)7-16/h3-6,11-12,17H,8-10H2,1-2H3,(H,18,20). The van der Waals surface area contributed by atoms with Crippen LogP contribution in [0, 0.1) is 11.3 Å². The van der Waals surface area contributed by atoms with E-state index in [1.807, 2.05) is 0 Å². The summed E-state index contributed by atoms with van der Waals surface area (Å²) in [6.07, 6.45) is 0. The van der Waals surface area contributed by atoms with E-state index in [4.69, 9.17) is 5.26 Å². The molecule has 0 bridgehead atoms. The fraction of sp³-hybridized carbons (Fsp3) is 0.467. The van der Waals surface area contributed by atoms with E-state index in [-0.39, 0.29) is 5.91 Å². The second-order valence-corrected chi connectivity index (χ2v) is 5.40. The lowest BCUT2D eigenvalue weighted by atomic mass is 10.1. The second kappa shape index (κ2) is 6.51. The molecule has 0 aromatic heterocycles.